The number of carbonyl (C=O) groups is 1. The second-order valence-electron chi connectivity index (χ2n) is 3.76. The highest BCUT2D eigenvalue weighted by atomic mass is 32.1. The molecule has 3 aromatic rings. The molecular weight excluding hydrogens is 248 g/mol. The normalized spacial score (nSPS) is 10.7. The average molecular weight is 258 g/mol. The van der Waals surface area contributed by atoms with Gasteiger partial charge in [-0.1, -0.05) is 6.07 Å². The van der Waals surface area contributed by atoms with E-state index in [2.05, 4.69) is 4.98 Å². The molecule has 0 aliphatic carbocycles. The lowest BCUT2D eigenvalue weighted by atomic mass is 10.2. The summed E-state index contributed by atoms with van der Waals surface area (Å²) in [5.74, 6) is 0.494. The zero-order valence-corrected chi connectivity index (χ0v) is 10.5. The number of nitrogens with zero attached hydrogens (tertiary/aromatic N) is 2. The standard InChI is InChI=1S/C13H10N2O2S/c1-17-13(16)9-4-5-10-7-14-12(15(10)8-9)11-3-2-6-18-11/h2-8H,1H3. The summed E-state index contributed by atoms with van der Waals surface area (Å²) in [6.45, 7) is 0. The molecule has 0 aromatic carbocycles. The third-order valence-corrected chi connectivity index (χ3v) is 3.56. The first-order valence-electron chi connectivity index (χ1n) is 5.39. The lowest BCUT2D eigenvalue weighted by Crippen LogP contribution is -2.02. The molecule has 0 atom stereocenters. The van der Waals surface area contributed by atoms with Crippen LogP contribution < -0.4 is 0 Å². The molecule has 0 radical (unpaired) electrons. The first-order chi connectivity index (χ1) is 8.79. The zero-order chi connectivity index (χ0) is 12.5. The van der Waals surface area contributed by atoms with Gasteiger partial charge < -0.3 is 4.74 Å². The smallest absolute Gasteiger partial charge is 0.339 e. The van der Waals surface area contributed by atoms with Crippen LogP contribution in [0.2, 0.25) is 0 Å². The van der Waals surface area contributed by atoms with E-state index in [0.717, 1.165) is 16.2 Å². The number of fused-ring (bicyclic) bond motifs is 1. The molecule has 0 aliphatic rings. The summed E-state index contributed by atoms with van der Waals surface area (Å²) < 4.78 is 6.62. The van der Waals surface area contributed by atoms with Crippen LogP contribution in [0.3, 0.4) is 0 Å². The minimum atomic E-state index is -0.345. The Labute approximate surface area is 107 Å². The summed E-state index contributed by atoms with van der Waals surface area (Å²) in [7, 11) is 1.38. The lowest BCUT2D eigenvalue weighted by Gasteiger charge is -2.02. The number of imidazole rings is 1. The van der Waals surface area contributed by atoms with Crippen LogP contribution in [0.1, 0.15) is 10.4 Å². The first kappa shape index (κ1) is 11.0. The van der Waals surface area contributed by atoms with Crippen LogP contribution in [-0.2, 0) is 4.74 Å². The monoisotopic (exact) mass is 258 g/mol. The quantitative estimate of drug-likeness (QED) is 0.664. The van der Waals surface area contributed by atoms with Gasteiger partial charge in [0.25, 0.3) is 0 Å². The summed E-state index contributed by atoms with van der Waals surface area (Å²) in [5.41, 5.74) is 1.46. The van der Waals surface area contributed by atoms with Crippen molar-refractivity contribution in [1.82, 2.24) is 9.38 Å². The highest BCUT2D eigenvalue weighted by molar-refractivity contribution is 7.13. The molecule has 0 fully saturated rings. The Morgan fingerprint density at radius 1 is 1.39 bits per heavy atom. The summed E-state index contributed by atoms with van der Waals surface area (Å²) in [6, 6.07) is 7.58. The fraction of sp³-hybridized carbons (Fsp3) is 0.0769. The van der Waals surface area contributed by atoms with Crippen molar-refractivity contribution in [2.24, 2.45) is 0 Å². The molecule has 90 valence electrons. The minimum absolute atomic E-state index is 0.345. The van der Waals surface area contributed by atoms with Gasteiger partial charge in [0.1, 0.15) is 0 Å². The van der Waals surface area contributed by atoms with Crippen LogP contribution in [0.15, 0.2) is 42.0 Å². The number of thiophene rings is 1. The number of hydrogen-bond donors (Lipinski definition) is 0. The molecule has 0 amide bonds. The lowest BCUT2D eigenvalue weighted by molar-refractivity contribution is 0.0600. The van der Waals surface area contributed by atoms with E-state index in [9.17, 15) is 4.79 Å². The number of carbonyl (C=O) groups excluding carboxylic acids is 1. The van der Waals surface area contributed by atoms with Crippen molar-refractivity contribution in [2.45, 2.75) is 0 Å². The van der Waals surface area contributed by atoms with Crippen molar-refractivity contribution >= 4 is 22.8 Å². The number of rotatable bonds is 2. The molecule has 5 heteroatoms. The second kappa shape index (κ2) is 4.27. The third kappa shape index (κ3) is 1.69. The molecule has 0 N–H and O–H groups in total. The highest BCUT2D eigenvalue weighted by Crippen LogP contribution is 2.24. The van der Waals surface area contributed by atoms with Gasteiger partial charge in [-0.2, -0.15) is 0 Å². The summed E-state index contributed by atoms with van der Waals surface area (Å²) in [6.07, 6.45) is 3.54. The van der Waals surface area contributed by atoms with E-state index in [1.807, 2.05) is 28.0 Å². The van der Waals surface area contributed by atoms with Gasteiger partial charge in [-0.15, -0.1) is 11.3 Å². The van der Waals surface area contributed by atoms with Gasteiger partial charge in [-0.25, -0.2) is 9.78 Å². The molecule has 3 aromatic heterocycles. The zero-order valence-electron chi connectivity index (χ0n) is 9.66. The van der Waals surface area contributed by atoms with E-state index in [0.29, 0.717) is 5.56 Å². The number of methoxy groups -OCH3 is 1. The molecule has 18 heavy (non-hydrogen) atoms. The Balaban J connectivity index is 2.19. The van der Waals surface area contributed by atoms with Crippen molar-refractivity contribution in [3.63, 3.8) is 0 Å². The maximum absolute atomic E-state index is 11.5. The van der Waals surface area contributed by atoms with E-state index in [4.69, 9.17) is 4.74 Å². The van der Waals surface area contributed by atoms with Crippen LogP contribution in [-0.4, -0.2) is 22.5 Å². The van der Waals surface area contributed by atoms with Gasteiger partial charge in [-0.05, 0) is 23.6 Å². The second-order valence-corrected chi connectivity index (χ2v) is 4.71. The van der Waals surface area contributed by atoms with Gasteiger partial charge in [-0.3, -0.25) is 4.40 Å². The van der Waals surface area contributed by atoms with Crippen LogP contribution in [0, 0.1) is 0 Å². The Morgan fingerprint density at radius 3 is 3.00 bits per heavy atom. The Morgan fingerprint density at radius 2 is 2.28 bits per heavy atom. The van der Waals surface area contributed by atoms with E-state index in [1.54, 1.807) is 29.8 Å². The maximum Gasteiger partial charge on any atom is 0.339 e. The van der Waals surface area contributed by atoms with E-state index in [-0.39, 0.29) is 5.97 Å². The minimum Gasteiger partial charge on any atom is -0.465 e. The SMILES string of the molecule is COC(=O)c1ccc2cnc(-c3cccs3)n2c1. The van der Waals surface area contributed by atoms with Crippen molar-refractivity contribution < 1.29 is 9.53 Å². The van der Waals surface area contributed by atoms with Gasteiger partial charge in [0, 0.05) is 6.20 Å². The number of aromatic nitrogens is 2. The van der Waals surface area contributed by atoms with Gasteiger partial charge >= 0.3 is 5.97 Å². The fourth-order valence-corrected chi connectivity index (χ4v) is 2.53. The van der Waals surface area contributed by atoms with Crippen LogP contribution >= 0.6 is 11.3 Å². The molecule has 0 saturated heterocycles. The van der Waals surface area contributed by atoms with E-state index >= 15 is 0 Å². The predicted octanol–water partition coefficient (Wildman–Crippen LogP) is 2.85. The first-order valence-corrected chi connectivity index (χ1v) is 6.27. The number of ether oxygens (including phenoxy) is 1. The fourth-order valence-electron chi connectivity index (χ4n) is 1.82. The molecule has 0 spiro atoms. The summed E-state index contributed by atoms with van der Waals surface area (Å²) >= 11 is 1.62. The van der Waals surface area contributed by atoms with Crippen LogP contribution in [0.5, 0.6) is 0 Å². The Hall–Kier alpha value is -2.14. The predicted molar refractivity (Wildman–Crippen MR) is 69.8 cm³/mol. The van der Waals surface area contributed by atoms with E-state index in [1.165, 1.54) is 7.11 Å². The third-order valence-electron chi connectivity index (χ3n) is 2.69. The van der Waals surface area contributed by atoms with Gasteiger partial charge in [0.15, 0.2) is 5.82 Å². The number of pyridine rings is 1. The van der Waals surface area contributed by atoms with Gasteiger partial charge in [0.2, 0.25) is 0 Å². The van der Waals surface area contributed by atoms with Gasteiger partial charge in [0.05, 0.1) is 29.3 Å². The van der Waals surface area contributed by atoms with Crippen molar-refractivity contribution in [1.29, 1.82) is 0 Å². The molecule has 0 bridgehead atoms. The average Bonchev–Trinajstić information content (AvgIpc) is 3.05. The highest BCUT2D eigenvalue weighted by Gasteiger charge is 2.11. The summed E-state index contributed by atoms with van der Waals surface area (Å²) in [5, 5.41) is 2.00. The maximum atomic E-state index is 11.5. The van der Waals surface area contributed by atoms with Crippen LogP contribution in [0.25, 0.3) is 16.2 Å². The topological polar surface area (TPSA) is 43.6 Å². The summed E-state index contributed by atoms with van der Waals surface area (Å²) in [4.78, 5) is 17.0. The van der Waals surface area contributed by atoms with Crippen molar-refractivity contribution in [3.05, 3.63) is 47.6 Å². The molecule has 4 nitrogen and oxygen atoms in total. The van der Waals surface area contributed by atoms with Crippen molar-refractivity contribution in [3.8, 4) is 10.7 Å². The van der Waals surface area contributed by atoms with Crippen molar-refractivity contribution in [2.75, 3.05) is 7.11 Å². The number of esters is 1. The molecule has 0 unspecified atom stereocenters. The van der Waals surface area contributed by atoms with Crippen LogP contribution in [0.4, 0.5) is 0 Å². The Kier molecular flexibility index (Phi) is 2.60. The molecule has 3 rings (SSSR count). The molecule has 3 heterocycles. The molecular formula is C13H10N2O2S. The Bertz CT molecular complexity index is 701. The largest absolute Gasteiger partial charge is 0.465 e. The molecule has 0 aliphatic heterocycles. The van der Waals surface area contributed by atoms with E-state index < -0.39 is 0 Å². The number of hydrogen-bond acceptors (Lipinski definition) is 4. The molecule has 0 saturated carbocycles.